The van der Waals surface area contributed by atoms with Gasteiger partial charge in [-0.3, -0.25) is 9.48 Å². The highest BCUT2D eigenvalue weighted by Gasteiger charge is 2.19. The maximum absolute atomic E-state index is 13.7. The van der Waals surface area contributed by atoms with Gasteiger partial charge in [0.25, 0.3) is 5.91 Å². The van der Waals surface area contributed by atoms with Gasteiger partial charge in [-0.05, 0) is 12.1 Å². The number of rotatable bonds is 2. The molecular weight excluding hydrogens is 279 g/mol. The van der Waals surface area contributed by atoms with Gasteiger partial charge >= 0.3 is 0 Å². The summed E-state index contributed by atoms with van der Waals surface area (Å²) in [4.78, 5) is 12.5. The van der Waals surface area contributed by atoms with Gasteiger partial charge in [0.15, 0.2) is 5.82 Å². The van der Waals surface area contributed by atoms with Crippen molar-refractivity contribution in [3.05, 3.63) is 41.2 Å². The van der Waals surface area contributed by atoms with Crippen molar-refractivity contribution in [1.82, 2.24) is 9.78 Å². The van der Waals surface area contributed by atoms with Crippen molar-refractivity contribution >= 4 is 38.8 Å². The van der Waals surface area contributed by atoms with E-state index >= 15 is 0 Å². The number of nitrogens with one attached hydrogen (secondary N) is 1. The lowest BCUT2D eigenvalue weighted by atomic mass is 10.2. The first-order valence-electron chi connectivity index (χ1n) is 5.84. The Balaban J connectivity index is 1.99. The van der Waals surface area contributed by atoms with E-state index in [1.165, 1.54) is 6.07 Å². The van der Waals surface area contributed by atoms with E-state index in [1.54, 1.807) is 36.1 Å². The Kier molecular flexibility index (Phi) is 2.90. The fourth-order valence-electron chi connectivity index (χ4n) is 1.95. The first kappa shape index (κ1) is 12.6. The molecule has 0 aliphatic rings. The lowest BCUT2D eigenvalue weighted by molar-refractivity contribution is 0.103. The summed E-state index contributed by atoms with van der Waals surface area (Å²) in [6.07, 6.45) is 1.71. The number of aryl methyl sites for hydroxylation is 1. The molecule has 3 rings (SSSR count). The van der Waals surface area contributed by atoms with Crippen LogP contribution in [0, 0.1) is 5.82 Å². The number of hydrogen-bond acceptors (Lipinski definition) is 4. The molecule has 0 spiro atoms. The number of nitrogen functional groups attached to an aromatic ring is 1. The quantitative estimate of drug-likeness (QED) is 0.762. The second kappa shape index (κ2) is 4.61. The molecule has 3 N–H and O–H groups in total. The SMILES string of the molecule is Cn1ccc(NC(=O)c2sc3cccc(F)c3c2N)n1. The number of nitrogens with zero attached hydrogens (tertiary/aromatic N) is 2. The first-order chi connectivity index (χ1) is 9.56. The summed E-state index contributed by atoms with van der Waals surface area (Å²) in [6.45, 7) is 0. The van der Waals surface area contributed by atoms with E-state index in [4.69, 9.17) is 5.73 Å². The zero-order valence-electron chi connectivity index (χ0n) is 10.6. The number of nitrogens with two attached hydrogens (primary N) is 1. The van der Waals surface area contributed by atoms with E-state index in [9.17, 15) is 9.18 Å². The Hall–Kier alpha value is -2.41. The maximum atomic E-state index is 13.7. The molecule has 3 aromatic rings. The van der Waals surface area contributed by atoms with Crippen LogP contribution in [0.15, 0.2) is 30.5 Å². The van der Waals surface area contributed by atoms with Crippen LogP contribution in [0.1, 0.15) is 9.67 Å². The van der Waals surface area contributed by atoms with E-state index < -0.39 is 5.82 Å². The van der Waals surface area contributed by atoms with E-state index in [2.05, 4.69) is 10.4 Å². The van der Waals surface area contributed by atoms with Crippen molar-refractivity contribution in [2.45, 2.75) is 0 Å². The summed E-state index contributed by atoms with van der Waals surface area (Å²) in [5, 5.41) is 6.98. The summed E-state index contributed by atoms with van der Waals surface area (Å²) >= 11 is 1.16. The fourth-order valence-corrected chi connectivity index (χ4v) is 2.98. The number of benzene rings is 1. The third-order valence-corrected chi connectivity index (χ3v) is 4.03. The largest absolute Gasteiger partial charge is 0.397 e. The van der Waals surface area contributed by atoms with Gasteiger partial charge in [-0.25, -0.2) is 4.39 Å². The highest BCUT2D eigenvalue weighted by Crippen LogP contribution is 2.35. The minimum atomic E-state index is -0.423. The van der Waals surface area contributed by atoms with Gasteiger partial charge in [0.1, 0.15) is 10.7 Å². The number of carbonyl (C=O) groups excluding carboxylic acids is 1. The van der Waals surface area contributed by atoms with Crippen LogP contribution >= 0.6 is 11.3 Å². The molecule has 0 aliphatic carbocycles. The zero-order valence-corrected chi connectivity index (χ0v) is 11.4. The van der Waals surface area contributed by atoms with Crippen LogP contribution in [0.4, 0.5) is 15.9 Å². The van der Waals surface area contributed by atoms with Gasteiger partial charge < -0.3 is 11.1 Å². The molecule has 102 valence electrons. The lowest BCUT2D eigenvalue weighted by Gasteiger charge is -2.00. The van der Waals surface area contributed by atoms with Crippen molar-refractivity contribution in [2.75, 3.05) is 11.1 Å². The molecule has 0 bridgehead atoms. The molecule has 2 aromatic heterocycles. The molecule has 1 aromatic carbocycles. The number of fused-ring (bicyclic) bond motifs is 1. The van der Waals surface area contributed by atoms with Gasteiger partial charge in [0.05, 0.1) is 11.1 Å². The van der Waals surface area contributed by atoms with Crippen molar-refractivity contribution in [3.8, 4) is 0 Å². The van der Waals surface area contributed by atoms with Crippen molar-refractivity contribution in [2.24, 2.45) is 7.05 Å². The minimum Gasteiger partial charge on any atom is -0.397 e. The standard InChI is InChI=1S/C13H11FN4OS/c1-18-6-5-9(17-18)16-13(19)12-11(15)10-7(14)3-2-4-8(10)20-12/h2-6H,15H2,1H3,(H,16,17,19). The van der Waals surface area contributed by atoms with Gasteiger partial charge in [0.2, 0.25) is 0 Å². The third-order valence-electron chi connectivity index (χ3n) is 2.86. The first-order valence-corrected chi connectivity index (χ1v) is 6.65. The molecule has 2 heterocycles. The Bertz CT molecular complexity index is 808. The van der Waals surface area contributed by atoms with E-state index in [1.807, 2.05) is 0 Å². The number of amides is 1. The summed E-state index contributed by atoms with van der Waals surface area (Å²) in [5.74, 6) is -0.384. The summed E-state index contributed by atoms with van der Waals surface area (Å²) < 4.78 is 16.0. The number of thiophene rings is 1. The molecule has 0 fully saturated rings. The lowest BCUT2D eigenvalue weighted by Crippen LogP contribution is -2.12. The summed E-state index contributed by atoms with van der Waals surface area (Å²) in [5.41, 5.74) is 6.05. The van der Waals surface area contributed by atoms with Crippen LogP contribution in [0.2, 0.25) is 0 Å². The molecule has 0 radical (unpaired) electrons. The number of anilines is 2. The smallest absolute Gasteiger partial charge is 0.269 e. The average molecular weight is 290 g/mol. The maximum Gasteiger partial charge on any atom is 0.269 e. The van der Waals surface area contributed by atoms with Gasteiger partial charge in [0, 0.05) is 24.0 Å². The highest BCUT2D eigenvalue weighted by atomic mass is 32.1. The molecule has 0 atom stereocenters. The van der Waals surface area contributed by atoms with Crippen LogP contribution in [-0.4, -0.2) is 15.7 Å². The van der Waals surface area contributed by atoms with Gasteiger partial charge in [-0.2, -0.15) is 5.10 Å². The van der Waals surface area contributed by atoms with Gasteiger partial charge in [-0.1, -0.05) is 6.07 Å². The molecule has 20 heavy (non-hydrogen) atoms. The van der Waals surface area contributed by atoms with Crippen LogP contribution in [-0.2, 0) is 7.05 Å². The number of halogens is 1. The highest BCUT2D eigenvalue weighted by molar-refractivity contribution is 7.21. The molecule has 0 saturated heterocycles. The van der Waals surface area contributed by atoms with Crippen molar-refractivity contribution in [3.63, 3.8) is 0 Å². The van der Waals surface area contributed by atoms with Crippen molar-refractivity contribution < 1.29 is 9.18 Å². The van der Waals surface area contributed by atoms with Crippen molar-refractivity contribution in [1.29, 1.82) is 0 Å². The normalized spacial score (nSPS) is 10.9. The Morgan fingerprint density at radius 1 is 1.45 bits per heavy atom. The van der Waals surface area contributed by atoms with E-state index in [0.717, 1.165) is 11.3 Å². The average Bonchev–Trinajstić information content (AvgIpc) is 2.95. The second-order valence-electron chi connectivity index (χ2n) is 4.29. The van der Waals surface area contributed by atoms with E-state index in [-0.39, 0.29) is 16.5 Å². The number of aromatic nitrogens is 2. The molecule has 0 saturated carbocycles. The van der Waals surface area contributed by atoms with E-state index in [0.29, 0.717) is 15.9 Å². The molecular formula is C13H11FN4OS. The molecule has 5 nitrogen and oxygen atoms in total. The van der Waals surface area contributed by atoms with Crippen LogP contribution in [0.3, 0.4) is 0 Å². The molecule has 0 aliphatic heterocycles. The van der Waals surface area contributed by atoms with Crippen LogP contribution < -0.4 is 11.1 Å². The monoisotopic (exact) mass is 290 g/mol. The molecule has 1 amide bonds. The summed E-state index contributed by atoms with van der Waals surface area (Å²) in [7, 11) is 1.75. The van der Waals surface area contributed by atoms with Gasteiger partial charge in [-0.15, -0.1) is 11.3 Å². The Morgan fingerprint density at radius 2 is 2.25 bits per heavy atom. The van der Waals surface area contributed by atoms with Crippen LogP contribution in [0.25, 0.3) is 10.1 Å². The minimum absolute atomic E-state index is 0.163. The fraction of sp³-hybridized carbons (Fsp3) is 0.0769. The zero-order chi connectivity index (χ0) is 14.3. The molecule has 0 unspecified atom stereocenters. The predicted octanol–water partition coefficient (Wildman–Crippen LogP) is 2.61. The summed E-state index contributed by atoms with van der Waals surface area (Å²) in [6, 6.07) is 6.32. The number of carbonyl (C=O) groups is 1. The Labute approximate surface area is 117 Å². The number of hydrogen-bond donors (Lipinski definition) is 2. The second-order valence-corrected chi connectivity index (χ2v) is 5.34. The molecule has 7 heteroatoms. The Morgan fingerprint density at radius 3 is 2.90 bits per heavy atom. The topological polar surface area (TPSA) is 72.9 Å². The predicted molar refractivity (Wildman–Crippen MR) is 77.4 cm³/mol. The third kappa shape index (κ3) is 2.01. The van der Waals surface area contributed by atoms with Crippen LogP contribution in [0.5, 0.6) is 0 Å².